The van der Waals surface area contributed by atoms with Crippen molar-refractivity contribution in [2.45, 2.75) is 18.7 Å². The molecule has 6 heteroatoms. The maximum Gasteiger partial charge on any atom is 0.335 e. The highest BCUT2D eigenvalue weighted by Crippen LogP contribution is 2.19. The highest BCUT2D eigenvalue weighted by Gasteiger charge is 2.22. The van der Waals surface area contributed by atoms with Gasteiger partial charge in [0.1, 0.15) is 0 Å². The summed E-state index contributed by atoms with van der Waals surface area (Å²) in [6, 6.07) is 4.08. The number of sulfonamides is 1. The summed E-state index contributed by atoms with van der Waals surface area (Å²) in [5.41, 5.74) is 1.22. The normalized spacial score (nSPS) is 11.6. The smallest absolute Gasteiger partial charge is 0.335 e. The molecule has 0 spiro atoms. The van der Waals surface area contributed by atoms with Crippen molar-refractivity contribution in [1.29, 1.82) is 0 Å². The van der Waals surface area contributed by atoms with Crippen molar-refractivity contribution in [3.63, 3.8) is 0 Å². The molecule has 0 aliphatic rings. The highest BCUT2D eigenvalue weighted by atomic mass is 32.2. The average Bonchev–Trinajstić information content (AvgIpc) is 2.27. The molecule has 1 aromatic carbocycles. The molecule has 1 rings (SSSR count). The molecule has 5 nitrogen and oxygen atoms in total. The second-order valence-electron chi connectivity index (χ2n) is 4.50. The van der Waals surface area contributed by atoms with Crippen molar-refractivity contribution < 1.29 is 18.3 Å². The third kappa shape index (κ3) is 3.42. The molecule has 104 valence electrons. The number of carbonyl (C=O) groups is 1. The van der Waals surface area contributed by atoms with Gasteiger partial charge in [-0.15, -0.1) is 0 Å². The number of aromatic carboxylic acids is 1. The summed E-state index contributed by atoms with van der Waals surface area (Å²) < 4.78 is 25.6. The molecule has 0 aliphatic carbocycles. The third-order valence-electron chi connectivity index (χ3n) is 2.64. The lowest BCUT2D eigenvalue weighted by Gasteiger charge is -2.17. The van der Waals surface area contributed by atoms with Crippen LogP contribution in [0.5, 0.6) is 0 Å². The van der Waals surface area contributed by atoms with E-state index >= 15 is 0 Å². The molecule has 0 aromatic heterocycles. The topological polar surface area (TPSA) is 74.7 Å². The number of carboxylic acid groups (broad SMARTS) is 1. The standard InChI is InChI=1S/C13H17NO4S/c1-9(2)8-14(4)19(17,18)11-6-5-10(3)12(7-11)13(15)16/h5-7H,1,8H2,2-4H3,(H,15,16). The minimum absolute atomic E-state index is 0.00944. The fourth-order valence-electron chi connectivity index (χ4n) is 1.64. The van der Waals surface area contributed by atoms with Crippen LogP contribution >= 0.6 is 0 Å². The van der Waals surface area contributed by atoms with Gasteiger partial charge in [0.15, 0.2) is 0 Å². The van der Waals surface area contributed by atoms with Crippen molar-refractivity contribution in [3.8, 4) is 0 Å². The third-order valence-corrected chi connectivity index (χ3v) is 4.44. The van der Waals surface area contributed by atoms with Crippen molar-refractivity contribution >= 4 is 16.0 Å². The Bertz CT molecular complexity index is 620. The molecule has 0 heterocycles. The van der Waals surface area contributed by atoms with Gasteiger partial charge in [-0.2, -0.15) is 4.31 Å². The molecule has 1 aromatic rings. The number of hydrogen-bond acceptors (Lipinski definition) is 3. The van der Waals surface area contributed by atoms with Gasteiger partial charge >= 0.3 is 5.97 Å². The Kier molecular flexibility index (Phi) is 4.49. The number of hydrogen-bond donors (Lipinski definition) is 1. The lowest BCUT2D eigenvalue weighted by molar-refractivity contribution is 0.0696. The van der Waals surface area contributed by atoms with Crippen LogP contribution in [0.3, 0.4) is 0 Å². The van der Waals surface area contributed by atoms with E-state index in [1.807, 2.05) is 0 Å². The van der Waals surface area contributed by atoms with Crippen molar-refractivity contribution in [3.05, 3.63) is 41.5 Å². The van der Waals surface area contributed by atoms with Crippen molar-refractivity contribution in [2.75, 3.05) is 13.6 Å². The number of aryl methyl sites for hydroxylation is 1. The van der Waals surface area contributed by atoms with Gasteiger partial charge in [-0.25, -0.2) is 13.2 Å². The summed E-state index contributed by atoms with van der Waals surface area (Å²) in [7, 11) is -2.26. The van der Waals surface area contributed by atoms with Crippen LogP contribution in [0.25, 0.3) is 0 Å². The predicted octanol–water partition coefficient (Wildman–Crippen LogP) is 1.89. The molecule has 1 N–H and O–H groups in total. The number of carboxylic acids is 1. The quantitative estimate of drug-likeness (QED) is 0.837. The first-order valence-corrected chi connectivity index (χ1v) is 7.05. The molecule has 0 aliphatic heterocycles. The zero-order valence-corrected chi connectivity index (χ0v) is 12.0. The second-order valence-corrected chi connectivity index (χ2v) is 6.54. The van der Waals surface area contributed by atoms with Crippen LogP contribution in [-0.4, -0.2) is 37.4 Å². The minimum Gasteiger partial charge on any atom is -0.478 e. The summed E-state index contributed by atoms with van der Waals surface area (Å²) in [5.74, 6) is -1.14. The molecule has 0 fully saturated rings. The van der Waals surface area contributed by atoms with Crippen LogP contribution in [-0.2, 0) is 10.0 Å². The predicted molar refractivity (Wildman–Crippen MR) is 72.8 cm³/mol. The Morgan fingerprint density at radius 2 is 2.00 bits per heavy atom. The second kappa shape index (κ2) is 5.54. The van der Waals surface area contributed by atoms with Gasteiger partial charge in [0.25, 0.3) is 0 Å². The van der Waals surface area contributed by atoms with E-state index < -0.39 is 16.0 Å². The summed E-state index contributed by atoms with van der Waals surface area (Å²) in [5, 5.41) is 9.02. The molecule has 0 saturated carbocycles. The highest BCUT2D eigenvalue weighted by molar-refractivity contribution is 7.89. The zero-order valence-electron chi connectivity index (χ0n) is 11.2. The molecule has 0 atom stereocenters. The lowest BCUT2D eigenvalue weighted by atomic mass is 10.1. The van der Waals surface area contributed by atoms with Crippen LogP contribution in [0, 0.1) is 6.92 Å². The molecular weight excluding hydrogens is 266 g/mol. The molecule has 0 bridgehead atoms. The van der Waals surface area contributed by atoms with E-state index in [1.54, 1.807) is 13.8 Å². The molecule has 0 radical (unpaired) electrons. The van der Waals surface area contributed by atoms with Crippen molar-refractivity contribution in [1.82, 2.24) is 4.31 Å². The summed E-state index contributed by atoms with van der Waals surface area (Å²) in [6.07, 6.45) is 0. The fraction of sp³-hybridized carbons (Fsp3) is 0.308. The fourth-order valence-corrected chi connectivity index (χ4v) is 2.89. The van der Waals surface area contributed by atoms with E-state index in [0.29, 0.717) is 11.1 Å². The van der Waals surface area contributed by atoms with Crippen LogP contribution in [0.1, 0.15) is 22.8 Å². The van der Waals surface area contributed by atoms with E-state index in [4.69, 9.17) is 5.11 Å². The minimum atomic E-state index is -3.70. The van der Waals surface area contributed by atoms with Gasteiger partial charge < -0.3 is 5.11 Å². The first-order chi connectivity index (χ1) is 8.66. The summed E-state index contributed by atoms with van der Waals surface area (Å²) >= 11 is 0. The number of likely N-dealkylation sites (N-methyl/N-ethyl adjacent to an activating group) is 1. The van der Waals surface area contributed by atoms with Gasteiger partial charge in [0.05, 0.1) is 10.5 Å². The number of benzene rings is 1. The number of rotatable bonds is 5. The van der Waals surface area contributed by atoms with E-state index in [-0.39, 0.29) is 17.0 Å². The van der Waals surface area contributed by atoms with Gasteiger partial charge in [0.2, 0.25) is 10.0 Å². The molecule has 0 saturated heterocycles. The van der Waals surface area contributed by atoms with Gasteiger partial charge in [0, 0.05) is 13.6 Å². The summed E-state index contributed by atoms with van der Waals surface area (Å²) in [6.45, 7) is 7.20. The molecule has 0 unspecified atom stereocenters. The van der Waals surface area contributed by atoms with Gasteiger partial charge in [-0.1, -0.05) is 18.2 Å². The van der Waals surface area contributed by atoms with E-state index in [9.17, 15) is 13.2 Å². The first-order valence-electron chi connectivity index (χ1n) is 5.61. The van der Waals surface area contributed by atoms with Gasteiger partial charge in [-0.05, 0) is 31.5 Å². The Hall–Kier alpha value is -1.66. The number of nitrogens with zero attached hydrogens (tertiary/aromatic N) is 1. The lowest BCUT2D eigenvalue weighted by Crippen LogP contribution is -2.28. The largest absolute Gasteiger partial charge is 0.478 e. The Labute approximate surface area is 113 Å². The van der Waals surface area contributed by atoms with Crippen LogP contribution < -0.4 is 0 Å². The van der Waals surface area contributed by atoms with Crippen LogP contribution in [0.2, 0.25) is 0 Å². The van der Waals surface area contributed by atoms with Crippen molar-refractivity contribution in [2.24, 2.45) is 0 Å². The Morgan fingerprint density at radius 3 is 2.47 bits per heavy atom. The first kappa shape index (κ1) is 15.4. The monoisotopic (exact) mass is 283 g/mol. The van der Waals surface area contributed by atoms with E-state index in [1.165, 1.54) is 25.2 Å². The molecule has 0 amide bonds. The van der Waals surface area contributed by atoms with Crippen LogP contribution in [0.15, 0.2) is 35.2 Å². The Balaban J connectivity index is 3.26. The maximum absolute atomic E-state index is 12.2. The average molecular weight is 283 g/mol. The molecule has 19 heavy (non-hydrogen) atoms. The zero-order chi connectivity index (χ0) is 14.8. The van der Waals surface area contributed by atoms with E-state index in [0.717, 1.165) is 4.31 Å². The van der Waals surface area contributed by atoms with Crippen LogP contribution in [0.4, 0.5) is 0 Å². The molecular formula is C13H17NO4S. The van der Waals surface area contributed by atoms with Gasteiger partial charge in [-0.3, -0.25) is 0 Å². The SMILES string of the molecule is C=C(C)CN(C)S(=O)(=O)c1ccc(C)c(C(=O)O)c1. The Morgan fingerprint density at radius 1 is 1.42 bits per heavy atom. The summed E-state index contributed by atoms with van der Waals surface area (Å²) in [4.78, 5) is 11.0. The van der Waals surface area contributed by atoms with E-state index in [2.05, 4.69) is 6.58 Å². The maximum atomic E-state index is 12.2.